The van der Waals surface area contributed by atoms with Crippen LogP contribution in [-0.2, 0) is 0 Å². The van der Waals surface area contributed by atoms with Crippen LogP contribution in [0.25, 0.3) is 0 Å². The Hall–Kier alpha value is -1.03. The van der Waals surface area contributed by atoms with E-state index in [9.17, 15) is 4.79 Å². The van der Waals surface area contributed by atoms with E-state index in [1.165, 1.54) is 12.8 Å². The van der Waals surface area contributed by atoms with Crippen LogP contribution in [0.5, 0.6) is 11.5 Å². The lowest BCUT2D eigenvalue weighted by Crippen LogP contribution is -2.04. The Morgan fingerprint density at radius 2 is 1.89 bits per heavy atom. The smallest absolute Gasteiger partial charge is 0.167 e. The molecular formula is C15H21BrO3. The first-order valence-electron chi connectivity index (χ1n) is 6.58. The zero-order chi connectivity index (χ0) is 14.3. The first-order valence-corrected chi connectivity index (χ1v) is 7.38. The highest BCUT2D eigenvalue weighted by Crippen LogP contribution is 2.33. The second kappa shape index (κ2) is 8.20. The number of methoxy groups -OCH3 is 2. The molecule has 0 saturated heterocycles. The Balaban J connectivity index is 2.83. The van der Waals surface area contributed by atoms with Gasteiger partial charge in [-0.3, -0.25) is 4.79 Å². The van der Waals surface area contributed by atoms with Gasteiger partial charge in [0.05, 0.1) is 19.8 Å². The van der Waals surface area contributed by atoms with E-state index in [0.29, 0.717) is 23.5 Å². The summed E-state index contributed by atoms with van der Waals surface area (Å²) in [6.45, 7) is 2.16. The van der Waals surface area contributed by atoms with E-state index < -0.39 is 0 Å². The molecule has 0 heterocycles. The average molecular weight is 329 g/mol. The summed E-state index contributed by atoms with van der Waals surface area (Å²) in [5, 5.41) is 0. The summed E-state index contributed by atoms with van der Waals surface area (Å²) in [6.07, 6.45) is 4.92. The maximum Gasteiger partial charge on any atom is 0.167 e. The van der Waals surface area contributed by atoms with Gasteiger partial charge in [0.2, 0.25) is 0 Å². The van der Waals surface area contributed by atoms with Crippen LogP contribution >= 0.6 is 15.9 Å². The number of benzene rings is 1. The van der Waals surface area contributed by atoms with Gasteiger partial charge in [0, 0.05) is 17.0 Å². The van der Waals surface area contributed by atoms with Gasteiger partial charge in [-0.05, 0) is 28.4 Å². The van der Waals surface area contributed by atoms with E-state index in [0.717, 1.165) is 17.3 Å². The molecular weight excluding hydrogens is 308 g/mol. The van der Waals surface area contributed by atoms with Crippen molar-refractivity contribution in [1.29, 1.82) is 0 Å². The van der Waals surface area contributed by atoms with Gasteiger partial charge in [0.1, 0.15) is 11.5 Å². The fourth-order valence-electron chi connectivity index (χ4n) is 1.94. The molecule has 1 aromatic rings. The Bertz CT molecular complexity index is 430. The number of rotatable bonds is 8. The fraction of sp³-hybridized carbons (Fsp3) is 0.533. The minimum absolute atomic E-state index is 0.113. The lowest BCUT2D eigenvalue weighted by molar-refractivity contribution is 0.0975. The summed E-state index contributed by atoms with van der Waals surface area (Å²) in [4.78, 5) is 12.3. The molecule has 0 aliphatic heterocycles. The highest BCUT2D eigenvalue weighted by atomic mass is 79.9. The number of carbonyl (C=O) groups excluding carboxylic acids is 1. The molecule has 0 fully saturated rings. The highest BCUT2D eigenvalue weighted by Gasteiger charge is 2.17. The largest absolute Gasteiger partial charge is 0.497 e. The number of unbranched alkanes of at least 4 members (excludes halogenated alkanes) is 3. The van der Waals surface area contributed by atoms with Crippen molar-refractivity contribution in [3.05, 3.63) is 22.2 Å². The van der Waals surface area contributed by atoms with Crippen LogP contribution in [0.3, 0.4) is 0 Å². The summed E-state index contributed by atoms with van der Waals surface area (Å²) in [6, 6.07) is 3.53. The molecule has 0 aliphatic carbocycles. The lowest BCUT2D eigenvalue weighted by Gasteiger charge is -2.12. The molecule has 0 amide bonds. The van der Waals surface area contributed by atoms with Gasteiger partial charge in [-0.25, -0.2) is 0 Å². The van der Waals surface area contributed by atoms with E-state index in [4.69, 9.17) is 9.47 Å². The Kier molecular flexibility index (Phi) is 6.92. The molecule has 19 heavy (non-hydrogen) atoms. The van der Waals surface area contributed by atoms with Gasteiger partial charge in [-0.1, -0.05) is 26.2 Å². The zero-order valence-electron chi connectivity index (χ0n) is 11.8. The summed E-state index contributed by atoms with van der Waals surface area (Å²) in [5.41, 5.74) is 0.611. The molecule has 0 radical (unpaired) electrons. The highest BCUT2D eigenvalue weighted by molar-refractivity contribution is 9.10. The minimum atomic E-state index is 0.113. The molecule has 0 N–H and O–H groups in total. The van der Waals surface area contributed by atoms with E-state index in [1.54, 1.807) is 26.4 Å². The molecule has 0 atom stereocenters. The summed E-state index contributed by atoms with van der Waals surface area (Å²) in [5.74, 6) is 1.35. The Labute approximate surface area is 123 Å². The van der Waals surface area contributed by atoms with Gasteiger partial charge < -0.3 is 9.47 Å². The molecule has 0 aliphatic rings. The van der Waals surface area contributed by atoms with E-state index in [-0.39, 0.29) is 5.78 Å². The lowest BCUT2D eigenvalue weighted by atomic mass is 10.0. The second-order valence-corrected chi connectivity index (χ2v) is 5.27. The summed E-state index contributed by atoms with van der Waals surface area (Å²) < 4.78 is 11.2. The van der Waals surface area contributed by atoms with Crippen molar-refractivity contribution in [2.75, 3.05) is 14.2 Å². The molecule has 3 nitrogen and oxygen atoms in total. The molecule has 0 aromatic heterocycles. The van der Waals surface area contributed by atoms with E-state index in [1.807, 2.05) is 0 Å². The third-order valence-electron chi connectivity index (χ3n) is 3.02. The first-order chi connectivity index (χ1) is 9.13. The van der Waals surface area contributed by atoms with Gasteiger partial charge in [0.25, 0.3) is 0 Å². The number of hydrogen-bond acceptors (Lipinski definition) is 3. The van der Waals surface area contributed by atoms with Crippen LogP contribution in [0.15, 0.2) is 16.6 Å². The predicted molar refractivity (Wildman–Crippen MR) is 80.3 cm³/mol. The number of ether oxygens (including phenoxy) is 2. The fourth-order valence-corrected chi connectivity index (χ4v) is 2.59. The number of halogens is 1. The predicted octanol–water partition coefficient (Wildman–Crippen LogP) is 4.62. The molecule has 1 aromatic carbocycles. The molecule has 0 saturated carbocycles. The van der Waals surface area contributed by atoms with Crippen LogP contribution in [0.2, 0.25) is 0 Å². The number of ketones is 1. The number of Topliss-reactive ketones (excluding diaryl/α,β-unsaturated/α-hetero) is 1. The van der Waals surface area contributed by atoms with Gasteiger partial charge in [0.15, 0.2) is 5.78 Å². The Morgan fingerprint density at radius 3 is 2.47 bits per heavy atom. The maximum absolute atomic E-state index is 12.3. The van der Waals surface area contributed by atoms with Crippen molar-refractivity contribution in [1.82, 2.24) is 0 Å². The number of hydrogen-bond donors (Lipinski definition) is 0. The van der Waals surface area contributed by atoms with Crippen LogP contribution < -0.4 is 9.47 Å². The molecule has 4 heteroatoms. The average Bonchev–Trinajstić information content (AvgIpc) is 2.42. The summed E-state index contributed by atoms with van der Waals surface area (Å²) >= 11 is 3.42. The third-order valence-corrected chi connectivity index (χ3v) is 3.64. The normalized spacial score (nSPS) is 10.3. The van der Waals surface area contributed by atoms with Crippen LogP contribution in [0.1, 0.15) is 49.4 Å². The Morgan fingerprint density at radius 1 is 1.16 bits per heavy atom. The van der Waals surface area contributed by atoms with Gasteiger partial charge in [-0.15, -0.1) is 0 Å². The topological polar surface area (TPSA) is 35.5 Å². The van der Waals surface area contributed by atoms with Crippen LogP contribution in [-0.4, -0.2) is 20.0 Å². The van der Waals surface area contributed by atoms with Gasteiger partial charge >= 0.3 is 0 Å². The maximum atomic E-state index is 12.3. The first kappa shape index (κ1) is 16.0. The van der Waals surface area contributed by atoms with Gasteiger partial charge in [-0.2, -0.15) is 0 Å². The monoisotopic (exact) mass is 328 g/mol. The molecule has 1 rings (SSSR count). The van der Waals surface area contributed by atoms with Crippen molar-refractivity contribution in [3.8, 4) is 11.5 Å². The minimum Gasteiger partial charge on any atom is -0.497 e. The van der Waals surface area contributed by atoms with Crippen molar-refractivity contribution < 1.29 is 14.3 Å². The van der Waals surface area contributed by atoms with Crippen molar-refractivity contribution in [2.24, 2.45) is 0 Å². The van der Waals surface area contributed by atoms with Crippen LogP contribution in [0, 0.1) is 0 Å². The molecule has 0 unspecified atom stereocenters. The standard InChI is InChI=1S/C15H21BrO3/c1-4-5-6-7-8-13(17)15-12(16)9-11(18-2)10-14(15)19-3/h9-10H,4-8H2,1-3H3. The van der Waals surface area contributed by atoms with E-state index >= 15 is 0 Å². The second-order valence-electron chi connectivity index (χ2n) is 4.42. The van der Waals surface area contributed by atoms with Crippen molar-refractivity contribution >= 4 is 21.7 Å². The van der Waals surface area contributed by atoms with Crippen LogP contribution in [0.4, 0.5) is 0 Å². The van der Waals surface area contributed by atoms with E-state index in [2.05, 4.69) is 22.9 Å². The molecule has 0 spiro atoms. The molecule has 0 bridgehead atoms. The number of carbonyl (C=O) groups is 1. The third kappa shape index (κ3) is 4.53. The zero-order valence-corrected chi connectivity index (χ0v) is 13.4. The van der Waals surface area contributed by atoms with Crippen molar-refractivity contribution in [3.63, 3.8) is 0 Å². The SMILES string of the molecule is CCCCCCC(=O)c1c(Br)cc(OC)cc1OC. The quantitative estimate of drug-likeness (QED) is 0.516. The summed E-state index contributed by atoms with van der Waals surface area (Å²) in [7, 11) is 3.16. The van der Waals surface area contributed by atoms with Crippen molar-refractivity contribution in [2.45, 2.75) is 39.0 Å². The molecule has 106 valence electrons.